The number of fused-ring (bicyclic) bond motifs is 1. The molecule has 2 nitrogen and oxygen atoms in total. The van der Waals surface area contributed by atoms with E-state index in [2.05, 4.69) is 45.0 Å². The van der Waals surface area contributed by atoms with Crippen molar-refractivity contribution in [3.05, 3.63) is 35.5 Å². The highest BCUT2D eigenvalue weighted by Gasteiger charge is 2.14. The molecule has 0 saturated heterocycles. The van der Waals surface area contributed by atoms with E-state index in [0.29, 0.717) is 5.92 Å². The molecule has 0 saturated carbocycles. The average molecular weight is 229 g/mol. The molecule has 17 heavy (non-hydrogen) atoms. The highest BCUT2D eigenvalue weighted by molar-refractivity contribution is 5.93. The lowest BCUT2D eigenvalue weighted by atomic mass is 10.1. The summed E-state index contributed by atoms with van der Waals surface area (Å²) in [5.74, 6) is 0.448. The molecule has 0 aliphatic rings. The van der Waals surface area contributed by atoms with Gasteiger partial charge in [-0.05, 0) is 36.1 Å². The number of hydrogen-bond acceptors (Lipinski definition) is 1. The number of rotatable bonds is 2. The molecule has 1 aromatic heterocycles. The van der Waals surface area contributed by atoms with E-state index in [-0.39, 0.29) is 5.91 Å². The van der Waals surface area contributed by atoms with Gasteiger partial charge in [-0.1, -0.05) is 26.8 Å². The van der Waals surface area contributed by atoms with E-state index in [4.69, 9.17) is 0 Å². The van der Waals surface area contributed by atoms with E-state index in [0.717, 1.165) is 17.6 Å². The molecule has 0 atom stereocenters. The summed E-state index contributed by atoms with van der Waals surface area (Å²) in [7, 11) is 0. The van der Waals surface area contributed by atoms with E-state index in [9.17, 15) is 4.79 Å². The summed E-state index contributed by atoms with van der Waals surface area (Å²) in [4.78, 5) is 11.8. The normalized spacial score (nSPS) is 11.4. The van der Waals surface area contributed by atoms with Crippen LogP contribution >= 0.6 is 0 Å². The zero-order valence-corrected chi connectivity index (χ0v) is 10.9. The van der Waals surface area contributed by atoms with Gasteiger partial charge in [0.15, 0.2) is 0 Å². The maximum atomic E-state index is 11.8. The lowest BCUT2D eigenvalue weighted by Crippen LogP contribution is -2.10. The lowest BCUT2D eigenvalue weighted by molar-refractivity contribution is 0.0938. The molecule has 2 rings (SSSR count). The Morgan fingerprint density at radius 1 is 1.29 bits per heavy atom. The van der Waals surface area contributed by atoms with Gasteiger partial charge in [0.05, 0.1) is 5.52 Å². The SMILES string of the molecule is CCc1ccc2c(c1)cc(C(C)C)n2C(C)=O. The van der Waals surface area contributed by atoms with Gasteiger partial charge in [-0.25, -0.2) is 0 Å². The van der Waals surface area contributed by atoms with Crippen LogP contribution < -0.4 is 0 Å². The predicted octanol–water partition coefficient (Wildman–Crippen LogP) is 3.99. The van der Waals surface area contributed by atoms with E-state index in [1.165, 1.54) is 10.9 Å². The van der Waals surface area contributed by atoms with Crippen molar-refractivity contribution in [2.45, 2.75) is 40.0 Å². The zero-order chi connectivity index (χ0) is 12.6. The van der Waals surface area contributed by atoms with Gasteiger partial charge in [-0.15, -0.1) is 0 Å². The van der Waals surface area contributed by atoms with Crippen molar-refractivity contribution >= 4 is 16.8 Å². The van der Waals surface area contributed by atoms with Gasteiger partial charge in [-0.3, -0.25) is 9.36 Å². The summed E-state index contributed by atoms with van der Waals surface area (Å²) >= 11 is 0. The van der Waals surface area contributed by atoms with Crippen LogP contribution in [0.4, 0.5) is 0 Å². The Morgan fingerprint density at radius 3 is 2.53 bits per heavy atom. The van der Waals surface area contributed by atoms with Crippen LogP contribution in [-0.4, -0.2) is 10.5 Å². The minimum Gasteiger partial charge on any atom is -0.284 e. The predicted molar refractivity (Wildman–Crippen MR) is 71.7 cm³/mol. The van der Waals surface area contributed by atoms with Crippen LogP contribution in [0.5, 0.6) is 0 Å². The van der Waals surface area contributed by atoms with E-state index < -0.39 is 0 Å². The highest BCUT2D eigenvalue weighted by Crippen LogP contribution is 2.26. The standard InChI is InChI=1S/C15H19NO/c1-5-12-6-7-14-13(8-12)9-15(10(2)3)16(14)11(4)17/h6-10H,5H2,1-4H3. The molecule has 0 aliphatic carbocycles. The van der Waals surface area contributed by atoms with E-state index >= 15 is 0 Å². The Morgan fingerprint density at radius 2 is 2.00 bits per heavy atom. The van der Waals surface area contributed by atoms with E-state index in [1.54, 1.807) is 6.92 Å². The van der Waals surface area contributed by atoms with Gasteiger partial charge in [0.25, 0.3) is 0 Å². The van der Waals surface area contributed by atoms with Gasteiger partial charge >= 0.3 is 0 Å². The molecule has 1 aromatic carbocycles. The largest absolute Gasteiger partial charge is 0.284 e. The smallest absolute Gasteiger partial charge is 0.228 e. The first-order chi connectivity index (χ1) is 8.04. The van der Waals surface area contributed by atoms with Crippen LogP contribution in [0, 0.1) is 0 Å². The van der Waals surface area contributed by atoms with Gasteiger partial charge in [0, 0.05) is 18.0 Å². The quantitative estimate of drug-likeness (QED) is 0.763. The van der Waals surface area contributed by atoms with Crippen LogP contribution in [0.1, 0.15) is 49.7 Å². The average Bonchev–Trinajstić information content (AvgIpc) is 2.66. The molecule has 0 N–H and O–H groups in total. The zero-order valence-electron chi connectivity index (χ0n) is 10.9. The number of aromatic nitrogens is 1. The van der Waals surface area contributed by atoms with Crippen molar-refractivity contribution in [3.8, 4) is 0 Å². The van der Waals surface area contributed by atoms with Crippen LogP contribution in [0.2, 0.25) is 0 Å². The fourth-order valence-corrected chi connectivity index (χ4v) is 2.28. The Kier molecular flexibility index (Phi) is 3.05. The second-order valence-electron chi connectivity index (χ2n) is 4.83. The van der Waals surface area contributed by atoms with Crippen molar-refractivity contribution in [3.63, 3.8) is 0 Å². The van der Waals surface area contributed by atoms with Crippen molar-refractivity contribution in [1.82, 2.24) is 4.57 Å². The maximum Gasteiger partial charge on any atom is 0.228 e. The fraction of sp³-hybridized carbons (Fsp3) is 0.400. The van der Waals surface area contributed by atoms with Crippen molar-refractivity contribution in [1.29, 1.82) is 0 Å². The minimum absolute atomic E-state index is 0.0907. The molecule has 0 aliphatic heterocycles. The van der Waals surface area contributed by atoms with Gasteiger partial charge in [0.1, 0.15) is 0 Å². The first kappa shape index (κ1) is 11.9. The Balaban J connectivity index is 2.74. The third-order valence-corrected chi connectivity index (χ3v) is 3.21. The fourth-order valence-electron chi connectivity index (χ4n) is 2.28. The van der Waals surface area contributed by atoms with Crippen LogP contribution in [0.3, 0.4) is 0 Å². The Labute approximate surface area is 102 Å². The number of hydrogen-bond donors (Lipinski definition) is 0. The number of benzene rings is 1. The number of carbonyl (C=O) groups is 1. The molecule has 2 aromatic rings. The van der Waals surface area contributed by atoms with Crippen LogP contribution in [-0.2, 0) is 6.42 Å². The summed E-state index contributed by atoms with van der Waals surface area (Å²) in [5, 5.41) is 1.17. The van der Waals surface area contributed by atoms with E-state index in [1.807, 2.05) is 4.57 Å². The Hall–Kier alpha value is -1.57. The number of nitrogens with zero attached hydrogens (tertiary/aromatic N) is 1. The number of carbonyl (C=O) groups excluding carboxylic acids is 1. The summed E-state index contributed by atoms with van der Waals surface area (Å²) in [6, 6.07) is 8.48. The molecular weight excluding hydrogens is 210 g/mol. The van der Waals surface area contributed by atoms with Crippen LogP contribution in [0.15, 0.2) is 24.3 Å². The monoisotopic (exact) mass is 229 g/mol. The van der Waals surface area contributed by atoms with Crippen molar-refractivity contribution < 1.29 is 4.79 Å². The molecular formula is C15H19NO. The molecule has 0 radical (unpaired) electrons. The van der Waals surface area contributed by atoms with Crippen LogP contribution in [0.25, 0.3) is 10.9 Å². The highest BCUT2D eigenvalue weighted by atomic mass is 16.1. The van der Waals surface area contributed by atoms with Gasteiger partial charge in [0.2, 0.25) is 5.91 Å². The molecule has 0 bridgehead atoms. The molecule has 90 valence electrons. The summed E-state index contributed by atoms with van der Waals surface area (Å²) < 4.78 is 1.83. The first-order valence-electron chi connectivity index (χ1n) is 6.19. The third-order valence-electron chi connectivity index (χ3n) is 3.21. The molecule has 0 amide bonds. The first-order valence-corrected chi connectivity index (χ1v) is 6.19. The summed E-state index contributed by atoms with van der Waals surface area (Å²) in [6.07, 6.45) is 1.03. The number of aryl methyl sites for hydroxylation is 1. The topological polar surface area (TPSA) is 22.0 Å². The second kappa shape index (κ2) is 4.36. The van der Waals surface area contributed by atoms with Crippen molar-refractivity contribution in [2.75, 3.05) is 0 Å². The molecule has 0 fully saturated rings. The Bertz CT molecular complexity index is 564. The minimum atomic E-state index is 0.0907. The molecule has 1 heterocycles. The lowest BCUT2D eigenvalue weighted by Gasteiger charge is -2.09. The molecule has 2 heteroatoms. The van der Waals surface area contributed by atoms with Gasteiger partial charge < -0.3 is 0 Å². The third kappa shape index (κ3) is 1.99. The second-order valence-corrected chi connectivity index (χ2v) is 4.83. The summed E-state index contributed by atoms with van der Waals surface area (Å²) in [5.41, 5.74) is 3.44. The van der Waals surface area contributed by atoms with Gasteiger partial charge in [-0.2, -0.15) is 0 Å². The molecule has 0 spiro atoms. The van der Waals surface area contributed by atoms with Crippen molar-refractivity contribution in [2.24, 2.45) is 0 Å². The maximum absolute atomic E-state index is 11.8. The summed E-state index contributed by atoms with van der Waals surface area (Å²) in [6.45, 7) is 8.01. The molecule has 0 unspecified atom stereocenters.